The average molecular weight is 214 g/mol. The van der Waals surface area contributed by atoms with Crippen LogP contribution in [-0.4, -0.2) is 19.5 Å². The summed E-state index contributed by atoms with van der Waals surface area (Å²) in [6.07, 6.45) is 10.3. The highest BCUT2D eigenvalue weighted by Crippen LogP contribution is 2.20. The van der Waals surface area contributed by atoms with Gasteiger partial charge >= 0.3 is 0 Å². The molecule has 0 N–H and O–H groups in total. The highest BCUT2D eigenvalue weighted by Gasteiger charge is 2.15. The standard InChI is InChI=1S/C12H14N4/c1-2-5-11-10(4-1)15-9-16(11)8-12-13-6-3-7-14-12/h3,6-7,9H,1-2,4-5,8H2. The molecule has 3 rings (SSSR count). The molecule has 2 aromatic rings. The highest BCUT2D eigenvalue weighted by atomic mass is 15.1. The maximum Gasteiger partial charge on any atom is 0.147 e. The van der Waals surface area contributed by atoms with Crippen LogP contribution in [0.2, 0.25) is 0 Å². The Morgan fingerprint density at radius 2 is 1.88 bits per heavy atom. The summed E-state index contributed by atoms with van der Waals surface area (Å²) in [4.78, 5) is 12.9. The zero-order valence-electron chi connectivity index (χ0n) is 9.13. The van der Waals surface area contributed by atoms with E-state index in [2.05, 4.69) is 19.5 Å². The summed E-state index contributed by atoms with van der Waals surface area (Å²) in [5.74, 6) is 0.855. The summed E-state index contributed by atoms with van der Waals surface area (Å²) < 4.78 is 2.18. The minimum Gasteiger partial charge on any atom is -0.327 e. The summed E-state index contributed by atoms with van der Waals surface area (Å²) in [5, 5.41) is 0. The molecule has 4 nitrogen and oxygen atoms in total. The summed E-state index contributed by atoms with van der Waals surface area (Å²) in [7, 11) is 0. The molecule has 4 heteroatoms. The van der Waals surface area contributed by atoms with Crippen molar-refractivity contribution in [3.8, 4) is 0 Å². The third kappa shape index (κ3) is 1.71. The Bertz CT molecular complexity index is 475. The first-order valence-electron chi connectivity index (χ1n) is 5.72. The van der Waals surface area contributed by atoms with Crippen LogP contribution in [0, 0.1) is 0 Å². The van der Waals surface area contributed by atoms with Gasteiger partial charge in [-0.1, -0.05) is 0 Å². The van der Waals surface area contributed by atoms with Crippen molar-refractivity contribution in [3.05, 3.63) is 42.0 Å². The molecule has 2 heterocycles. The van der Waals surface area contributed by atoms with E-state index >= 15 is 0 Å². The van der Waals surface area contributed by atoms with Gasteiger partial charge in [-0.25, -0.2) is 15.0 Å². The smallest absolute Gasteiger partial charge is 0.147 e. The van der Waals surface area contributed by atoms with Crippen molar-refractivity contribution < 1.29 is 0 Å². The van der Waals surface area contributed by atoms with E-state index < -0.39 is 0 Å². The van der Waals surface area contributed by atoms with Gasteiger partial charge in [-0.15, -0.1) is 0 Å². The van der Waals surface area contributed by atoms with Gasteiger partial charge < -0.3 is 4.57 Å². The van der Waals surface area contributed by atoms with Gasteiger partial charge in [0.1, 0.15) is 5.82 Å². The molecule has 0 spiro atoms. The molecule has 1 aliphatic rings. The molecule has 0 radical (unpaired) electrons. The van der Waals surface area contributed by atoms with Crippen molar-refractivity contribution in [2.45, 2.75) is 32.2 Å². The Morgan fingerprint density at radius 1 is 1.06 bits per heavy atom. The molecular formula is C12H14N4. The van der Waals surface area contributed by atoms with Gasteiger partial charge in [0.15, 0.2) is 0 Å². The first kappa shape index (κ1) is 9.51. The lowest BCUT2D eigenvalue weighted by Crippen LogP contribution is -2.10. The first-order chi connectivity index (χ1) is 7.93. The van der Waals surface area contributed by atoms with E-state index in [9.17, 15) is 0 Å². The van der Waals surface area contributed by atoms with Crippen LogP contribution < -0.4 is 0 Å². The SMILES string of the molecule is c1cnc(Cn2cnc3c2CCCC3)nc1. The molecule has 82 valence electrons. The molecule has 0 fully saturated rings. The maximum absolute atomic E-state index is 4.46. The maximum atomic E-state index is 4.46. The topological polar surface area (TPSA) is 43.6 Å². The molecule has 0 saturated carbocycles. The van der Waals surface area contributed by atoms with Gasteiger partial charge in [0, 0.05) is 18.1 Å². The summed E-state index contributed by atoms with van der Waals surface area (Å²) in [6.45, 7) is 0.739. The molecule has 1 aliphatic carbocycles. The second-order valence-electron chi connectivity index (χ2n) is 4.14. The second-order valence-corrected chi connectivity index (χ2v) is 4.14. The molecule has 0 aliphatic heterocycles. The van der Waals surface area contributed by atoms with Crippen molar-refractivity contribution in [3.63, 3.8) is 0 Å². The van der Waals surface area contributed by atoms with Crippen LogP contribution in [0.15, 0.2) is 24.8 Å². The van der Waals surface area contributed by atoms with E-state index in [1.807, 2.05) is 12.4 Å². The first-order valence-corrected chi connectivity index (χ1v) is 5.72. The van der Waals surface area contributed by atoms with E-state index in [0.717, 1.165) is 25.2 Å². The minimum absolute atomic E-state index is 0.739. The van der Waals surface area contributed by atoms with Crippen molar-refractivity contribution >= 4 is 0 Å². The van der Waals surface area contributed by atoms with Crippen molar-refractivity contribution in [2.24, 2.45) is 0 Å². The molecule has 0 saturated heterocycles. The molecule has 0 atom stereocenters. The monoisotopic (exact) mass is 214 g/mol. The summed E-state index contributed by atoms with van der Waals surface area (Å²) in [5.41, 5.74) is 2.64. The molecule has 0 unspecified atom stereocenters. The van der Waals surface area contributed by atoms with Gasteiger partial charge in [0.2, 0.25) is 0 Å². The van der Waals surface area contributed by atoms with Crippen molar-refractivity contribution in [2.75, 3.05) is 0 Å². The van der Waals surface area contributed by atoms with Crippen molar-refractivity contribution in [1.29, 1.82) is 0 Å². The van der Waals surface area contributed by atoms with E-state index in [1.165, 1.54) is 24.2 Å². The molecule has 2 aromatic heterocycles. The Morgan fingerprint density at radius 3 is 2.75 bits per heavy atom. The number of aromatic nitrogens is 4. The number of nitrogens with zero attached hydrogens (tertiary/aromatic N) is 4. The quantitative estimate of drug-likeness (QED) is 0.762. The van der Waals surface area contributed by atoms with Crippen LogP contribution in [0.5, 0.6) is 0 Å². The second kappa shape index (κ2) is 4.04. The lowest BCUT2D eigenvalue weighted by Gasteiger charge is -2.13. The molecule has 0 amide bonds. The van der Waals surface area contributed by atoms with Gasteiger partial charge in [0.25, 0.3) is 0 Å². The number of rotatable bonds is 2. The number of imidazole rings is 1. The van der Waals surface area contributed by atoms with Crippen LogP contribution in [0.4, 0.5) is 0 Å². The number of hydrogen-bond acceptors (Lipinski definition) is 3. The average Bonchev–Trinajstić information content (AvgIpc) is 2.74. The zero-order valence-corrected chi connectivity index (χ0v) is 9.13. The van der Waals surface area contributed by atoms with Gasteiger partial charge in [0.05, 0.1) is 18.6 Å². The van der Waals surface area contributed by atoms with Gasteiger partial charge in [-0.2, -0.15) is 0 Å². The van der Waals surface area contributed by atoms with Crippen molar-refractivity contribution in [1.82, 2.24) is 19.5 Å². The molecule has 16 heavy (non-hydrogen) atoms. The third-order valence-electron chi connectivity index (χ3n) is 3.04. The fourth-order valence-electron chi connectivity index (χ4n) is 2.23. The van der Waals surface area contributed by atoms with E-state index in [4.69, 9.17) is 0 Å². The van der Waals surface area contributed by atoms with E-state index in [-0.39, 0.29) is 0 Å². The van der Waals surface area contributed by atoms with E-state index in [1.54, 1.807) is 12.4 Å². The fourth-order valence-corrected chi connectivity index (χ4v) is 2.23. The predicted octanol–water partition coefficient (Wildman–Crippen LogP) is 1.60. The summed E-state index contributed by atoms with van der Waals surface area (Å²) >= 11 is 0. The Labute approximate surface area is 94.4 Å². The molecular weight excluding hydrogens is 200 g/mol. The number of fused-ring (bicyclic) bond motifs is 1. The minimum atomic E-state index is 0.739. The zero-order chi connectivity index (χ0) is 10.8. The van der Waals surface area contributed by atoms with Crippen LogP contribution in [0.25, 0.3) is 0 Å². The Hall–Kier alpha value is -1.71. The Balaban J connectivity index is 1.88. The van der Waals surface area contributed by atoms with Crippen LogP contribution in [0.3, 0.4) is 0 Å². The van der Waals surface area contributed by atoms with Gasteiger partial charge in [-0.05, 0) is 31.7 Å². The highest BCUT2D eigenvalue weighted by molar-refractivity contribution is 5.17. The van der Waals surface area contributed by atoms with E-state index in [0.29, 0.717) is 0 Å². The Kier molecular flexibility index (Phi) is 2.40. The summed E-state index contributed by atoms with van der Waals surface area (Å²) in [6, 6.07) is 1.84. The third-order valence-corrected chi connectivity index (χ3v) is 3.04. The number of aryl methyl sites for hydroxylation is 1. The van der Waals surface area contributed by atoms with Crippen LogP contribution >= 0.6 is 0 Å². The lowest BCUT2D eigenvalue weighted by atomic mass is 10.0. The number of hydrogen-bond donors (Lipinski definition) is 0. The van der Waals surface area contributed by atoms with Crippen LogP contribution in [-0.2, 0) is 19.4 Å². The molecule has 0 bridgehead atoms. The molecule has 0 aromatic carbocycles. The normalized spacial score (nSPS) is 14.8. The fraction of sp³-hybridized carbons (Fsp3) is 0.417. The predicted molar refractivity (Wildman–Crippen MR) is 60.0 cm³/mol. The largest absolute Gasteiger partial charge is 0.327 e. The lowest BCUT2D eigenvalue weighted by molar-refractivity contribution is 0.620. The van der Waals surface area contributed by atoms with Crippen LogP contribution in [0.1, 0.15) is 30.1 Å². The van der Waals surface area contributed by atoms with Gasteiger partial charge in [-0.3, -0.25) is 0 Å².